The second-order valence-electron chi connectivity index (χ2n) is 6.84. The number of carbonyl (C=O) groups is 1. The summed E-state index contributed by atoms with van der Waals surface area (Å²) in [4.78, 5) is 12.6. The molecule has 0 heterocycles. The number of amides is 1. The first-order valence-electron chi connectivity index (χ1n) is 9.13. The number of nitrogens with one attached hydrogen (secondary N) is 1. The molecule has 1 atom stereocenters. The van der Waals surface area contributed by atoms with Crippen molar-refractivity contribution in [3.8, 4) is 11.5 Å². The molecule has 176 valence electrons. The fourth-order valence-electron chi connectivity index (χ4n) is 2.91. The molecule has 0 spiro atoms. The van der Waals surface area contributed by atoms with Crippen LogP contribution >= 0.6 is 11.6 Å². The molecule has 2 aromatic rings. The van der Waals surface area contributed by atoms with E-state index in [0.717, 1.165) is 18.4 Å². The first-order valence-corrected chi connectivity index (χ1v) is 11.4. The quantitative estimate of drug-likeness (QED) is 0.599. The third-order valence-corrected chi connectivity index (χ3v) is 5.99. The number of halogens is 4. The van der Waals surface area contributed by atoms with Crippen LogP contribution < -0.4 is 19.1 Å². The predicted molar refractivity (Wildman–Crippen MR) is 115 cm³/mol. The third-order valence-electron chi connectivity index (χ3n) is 4.52. The second kappa shape index (κ2) is 9.86. The van der Waals surface area contributed by atoms with Crippen LogP contribution in [0.2, 0.25) is 5.02 Å². The van der Waals surface area contributed by atoms with Crippen LogP contribution in [0.15, 0.2) is 36.4 Å². The molecule has 0 saturated carbocycles. The summed E-state index contributed by atoms with van der Waals surface area (Å²) in [6, 6.07) is 7.05. The summed E-state index contributed by atoms with van der Waals surface area (Å²) in [5, 5.41) is 2.04. The lowest BCUT2D eigenvalue weighted by atomic mass is 10.1. The van der Waals surface area contributed by atoms with E-state index in [1.54, 1.807) is 25.1 Å². The number of hydrogen-bond donors (Lipinski definition) is 1. The fraction of sp³-hybridized carbons (Fsp3) is 0.350. The van der Waals surface area contributed by atoms with Gasteiger partial charge in [0.25, 0.3) is 0 Å². The van der Waals surface area contributed by atoms with Crippen molar-refractivity contribution in [3.63, 3.8) is 0 Å². The Balaban J connectivity index is 2.27. The second-order valence-corrected chi connectivity index (χ2v) is 9.15. The van der Waals surface area contributed by atoms with Gasteiger partial charge in [-0.15, -0.1) is 0 Å². The Bertz CT molecular complexity index is 1090. The van der Waals surface area contributed by atoms with Gasteiger partial charge in [-0.1, -0.05) is 17.7 Å². The molecule has 32 heavy (non-hydrogen) atoms. The molecular formula is C20H22ClF3N2O5S. The largest absolute Gasteiger partial charge is 0.493 e. The van der Waals surface area contributed by atoms with Gasteiger partial charge in [0.2, 0.25) is 15.9 Å². The van der Waals surface area contributed by atoms with Gasteiger partial charge in [0, 0.05) is 0 Å². The van der Waals surface area contributed by atoms with Crippen LogP contribution in [0.1, 0.15) is 24.1 Å². The number of benzene rings is 2. The highest BCUT2D eigenvalue weighted by molar-refractivity contribution is 7.92. The lowest BCUT2D eigenvalue weighted by Crippen LogP contribution is -2.41. The SMILES string of the molecule is COc1ccc([C@H](C)NC(=O)CN(c2ccc(Cl)c(C(F)(F)F)c2)S(C)(=O)=O)cc1OC. The number of carbonyl (C=O) groups excluding carboxylic acids is 1. The van der Waals surface area contributed by atoms with Gasteiger partial charge >= 0.3 is 6.18 Å². The Labute approximate surface area is 189 Å². The van der Waals surface area contributed by atoms with Crippen molar-refractivity contribution in [2.75, 3.05) is 31.3 Å². The third kappa shape index (κ3) is 6.19. The molecule has 2 rings (SSSR count). The van der Waals surface area contributed by atoms with Gasteiger partial charge in [0.05, 0.1) is 42.8 Å². The summed E-state index contributed by atoms with van der Waals surface area (Å²) in [6.07, 6.45) is -4.00. The molecule has 12 heteroatoms. The Hall–Kier alpha value is -2.66. The number of sulfonamides is 1. The molecule has 0 aliphatic heterocycles. The highest BCUT2D eigenvalue weighted by Crippen LogP contribution is 2.37. The van der Waals surface area contributed by atoms with Gasteiger partial charge in [-0.2, -0.15) is 13.2 Å². The number of ether oxygens (including phenoxy) is 2. The molecule has 0 radical (unpaired) electrons. The van der Waals surface area contributed by atoms with Crippen molar-refractivity contribution in [1.29, 1.82) is 0 Å². The zero-order valence-electron chi connectivity index (χ0n) is 17.7. The van der Waals surface area contributed by atoms with E-state index in [1.165, 1.54) is 14.2 Å². The smallest absolute Gasteiger partial charge is 0.417 e. The van der Waals surface area contributed by atoms with E-state index in [9.17, 15) is 26.4 Å². The summed E-state index contributed by atoms with van der Waals surface area (Å²) in [6.45, 7) is 0.934. The van der Waals surface area contributed by atoms with E-state index in [2.05, 4.69) is 5.32 Å². The van der Waals surface area contributed by atoms with Crippen LogP contribution in [-0.4, -0.2) is 41.3 Å². The summed E-state index contributed by atoms with van der Waals surface area (Å²) >= 11 is 5.60. The zero-order valence-corrected chi connectivity index (χ0v) is 19.2. The highest BCUT2D eigenvalue weighted by Gasteiger charge is 2.34. The van der Waals surface area contributed by atoms with E-state index in [0.29, 0.717) is 27.4 Å². The standard InChI is InChI=1S/C20H22ClF3N2O5S/c1-12(13-5-8-17(30-2)18(9-13)31-3)25-19(27)11-26(32(4,28)29)14-6-7-16(21)15(10-14)20(22,23)24/h5-10,12H,11H2,1-4H3,(H,25,27)/t12-/m0/s1. The number of anilines is 1. The Morgan fingerprint density at radius 3 is 2.28 bits per heavy atom. The van der Waals surface area contributed by atoms with Gasteiger partial charge in [-0.05, 0) is 42.8 Å². The Morgan fingerprint density at radius 1 is 1.12 bits per heavy atom. The Kier molecular flexibility index (Phi) is 7.89. The van der Waals surface area contributed by atoms with Crippen molar-refractivity contribution < 1.29 is 35.9 Å². The van der Waals surface area contributed by atoms with Crippen LogP contribution in [0.3, 0.4) is 0 Å². The van der Waals surface area contributed by atoms with Crippen molar-refractivity contribution in [1.82, 2.24) is 5.32 Å². The summed E-state index contributed by atoms with van der Waals surface area (Å²) in [7, 11) is -1.15. The maximum Gasteiger partial charge on any atom is 0.417 e. The average molecular weight is 495 g/mol. The first-order chi connectivity index (χ1) is 14.8. The van der Waals surface area contributed by atoms with Crippen molar-refractivity contribution >= 4 is 33.2 Å². The molecule has 0 aliphatic carbocycles. The van der Waals surface area contributed by atoms with Crippen LogP contribution in [0.5, 0.6) is 11.5 Å². The van der Waals surface area contributed by atoms with Crippen LogP contribution in [0.25, 0.3) is 0 Å². The minimum atomic E-state index is -4.79. The average Bonchev–Trinajstić information content (AvgIpc) is 2.70. The Morgan fingerprint density at radius 2 is 1.75 bits per heavy atom. The van der Waals surface area contributed by atoms with Crippen molar-refractivity contribution in [3.05, 3.63) is 52.5 Å². The fourth-order valence-corrected chi connectivity index (χ4v) is 3.98. The zero-order chi connectivity index (χ0) is 24.3. The van der Waals surface area contributed by atoms with E-state index in [1.807, 2.05) is 0 Å². The molecule has 1 amide bonds. The molecule has 1 N–H and O–H groups in total. The highest BCUT2D eigenvalue weighted by atomic mass is 35.5. The van der Waals surface area contributed by atoms with Gasteiger partial charge < -0.3 is 14.8 Å². The first kappa shape index (κ1) is 25.6. The molecule has 0 fully saturated rings. The molecular weight excluding hydrogens is 473 g/mol. The molecule has 0 saturated heterocycles. The van der Waals surface area contributed by atoms with E-state index in [4.69, 9.17) is 21.1 Å². The molecule has 0 aliphatic rings. The molecule has 7 nitrogen and oxygen atoms in total. The van der Waals surface area contributed by atoms with Crippen LogP contribution in [0.4, 0.5) is 18.9 Å². The number of alkyl halides is 3. The monoisotopic (exact) mass is 494 g/mol. The predicted octanol–water partition coefficient (Wildman–Crippen LogP) is 4.02. The van der Waals surface area contributed by atoms with Crippen LogP contribution in [0, 0.1) is 0 Å². The van der Waals surface area contributed by atoms with Gasteiger partial charge in [0.1, 0.15) is 6.54 Å². The summed E-state index contributed by atoms with van der Waals surface area (Å²) in [5.41, 5.74) is -0.893. The van der Waals surface area contributed by atoms with Crippen LogP contribution in [-0.2, 0) is 21.0 Å². The van der Waals surface area contributed by atoms with Crippen molar-refractivity contribution in [2.45, 2.75) is 19.1 Å². The molecule has 0 aromatic heterocycles. The molecule has 2 aromatic carbocycles. The molecule has 0 bridgehead atoms. The van der Waals surface area contributed by atoms with Gasteiger partial charge in [-0.25, -0.2) is 8.42 Å². The van der Waals surface area contributed by atoms with E-state index < -0.39 is 45.3 Å². The number of methoxy groups -OCH3 is 2. The maximum atomic E-state index is 13.2. The number of nitrogens with zero attached hydrogens (tertiary/aromatic N) is 1. The normalized spacial score (nSPS) is 12.8. The minimum absolute atomic E-state index is 0.335. The van der Waals surface area contributed by atoms with Gasteiger partial charge in [0.15, 0.2) is 11.5 Å². The summed E-state index contributed by atoms with van der Waals surface area (Å²) in [5.74, 6) is 0.201. The number of hydrogen-bond acceptors (Lipinski definition) is 5. The number of rotatable bonds is 8. The minimum Gasteiger partial charge on any atom is -0.493 e. The van der Waals surface area contributed by atoms with Gasteiger partial charge in [-0.3, -0.25) is 9.10 Å². The maximum absolute atomic E-state index is 13.2. The summed E-state index contributed by atoms with van der Waals surface area (Å²) < 4.78 is 74.9. The lowest BCUT2D eigenvalue weighted by Gasteiger charge is -2.24. The molecule has 0 unspecified atom stereocenters. The lowest BCUT2D eigenvalue weighted by molar-refractivity contribution is -0.137. The van der Waals surface area contributed by atoms with E-state index >= 15 is 0 Å². The topological polar surface area (TPSA) is 84.9 Å². The van der Waals surface area contributed by atoms with E-state index in [-0.39, 0.29) is 5.69 Å². The van der Waals surface area contributed by atoms with Crippen molar-refractivity contribution in [2.24, 2.45) is 0 Å².